The van der Waals surface area contributed by atoms with Gasteiger partial charge in [0, 0.05) is 13.1 Å². The molecule has 1 heterocycles. The number of amides is 5. The molecule has 4 aliphatic carbocycles. The zero-order valence-corrected chi connectivity index (χ0v) is 32.2. The summed E-state index contributed by atoms with van der Waals surface area (Å²) >= 11 is 0. The second kappa shape index (κ2) is 15.2. The highest BCUT2D eigenvalue weighted by molar-refractivity contribution is 7.92. The number of rotatable bonds is 15. The van der Waals surface area contributed by atoms with Crippen LogP contribution in [0.5, 0.6) is 0 Å². The average molecular weight is 732 g/mol. The first-order valence-electron chi connectivity index (χ1n) is 19.3. The number of nitrogens with zero attached hydrogens (tertiary/aromatic N) is 1. The molecule has 0 radical (unpaired) electrons. The first-order valence-corrected chi connectivity index (χ1v) is 21.0. The maximum absolute atomic E-state index is 14.9. The van der Waals surface area contributed by atoms with Gasteiger partial charge in [-0.1, -0.05) is 78.2 Å². The lowest BCUT2D eigenvalue weighted by Crippen LogP contribution is -2.64. The molecule has 5 atom stereocenters. The Morgan fingerprint density at radius 2 is 1.51 bits per heavy atom. The Bertz CT molecular complexity index is 1480. The quantitative estimate of drug-likeness (QED) is 0.147. The number of likely N-dealkylation sites (tertiary alicyclic amines) is 1. The molecule has 286 valence electrons. The number of sulfone groups is 1. The van der Waals surface area contributed by atoms with Crippen molar-refractivity contribution in [2.24, 2.45) is 28.6 Å². The van der Waals surface area contributed by atoms with E-state index in [2.05, 4.69) is 41.7 Å². The van der Waals surface area contributed by atoms with Crippen LogP contribution in [0.1, 0.15) is 118 Å². The monoisotopic (exact) mass is 731 g/mol. The molecule has 0 aromatic carbocycles. The van der Waals surface area contributed by atoms with E-state index in [4.69, 9.17) is 0 Å². The molecule has 5 rings (SSSR count). The molecule has 4 saturated carbocycles. The number of urea groups is 1. The van der Waals surface area contributed by atoms with Crippen molar-refractivity contribution in [2.45, 2.75) is 147 Å². The molecule has 1 unspecified atom stereocenters. The van der Waals surface area contributed by atoms with Crippen LogP contribution in [0.3, 0.4) is 0 Å². The molecule has 0 bridgehead atoms. The molecule has 51 heavy (non-hydrogen) atoms. The largest absolute Gasteiger partial charge is 0.346 e. The Balaban J connectivity index is 1.39. The second-order valence-electron chi connectivity index (χ2n) is 17.4. The molecule has 13 heteroatoms. The van der Waals surface area contributed by atoms with Crippen molar-refractivity contribution >= 4 is 39.4 Å². The van der Waals surface area contributed by atoms with Gasteiger partial charge in [0.15, 0.2) is 9.84 Å². The number of Topliss-reactive ketones (excluding diaryl/α,β-unsaturated/α-hetero) is 1. The number of hydrogen-bond acceptors (Lipinski definition) is 7. The van der Waals surface area contributed by atoms with Gasteiger partial charge in [0.25, 0.3) is 5.91 Å². The average Bonchev–Trinajstić information content (AvgIpc) is 3.93. The van der Waals surface area contributed by atoms with Crippen LogP contribution in [-0.2, 0) is 29.0 Å². The number of fused-ring (bicyclic) bond motifs is 1. The lowest BCUT2D eigenvalue weighted by molar-refractivity contribution is -0.146. The predicted octanol–water partition coefficient (Wildman–Crippen LogP) is 3.79. The van der Waals surface area contributed by atoms with Crippen LogP contribution in [0.4, 0.5) is 4.79 Å². The topological polar surface area (TPSA) is 171 Å². The maximum Gasteiger partial charge on any atom is 0.315 e. The maximum atomic E-state index is 14.9. The van der Waals surface area contributed by atoms with Crippen molar-refractivity contribution in [1.82, 2.24) is 26.2 Å². The molecule has 12 nitrogen and oxygen atoms in total. The van der Waals surface area contributed by atoms with Gasteiger partial charge in [-0.3, -0.25) is 19.2 Å². The molecule has 4 N–H and O–H groups in total. The van der Waals surface area contributed by atoms with E-state index in [-0.39, 0.29) is 41.4 Å². The third kappa shape index (κ3) is 8.65. The van der Waals surface area contributed by atoms with Crippen LogP contribution in [0.15, 0.2) is 12.7 Å². The van der Waals surface area contributed by atoms with E-state index in [1.54, 1.807) is 18.7 Å². The highest BCUT2D eigenvalue weighted by atomic mass is 32.2. The van der Waals surface area contributed by atoms with Crippen LogP contribution in [0.25, 0.3) is 0 Å². The van der Waals surface area contributed by atoms with Gasteiger partial charge in [-0.15, -0.1) is 6.58 Å². The first-order chi connectivity index (χ1) is 23.9. The Labute approximate surface area is 304 Å². The van der Waals surface area contributed by atoms with Crippen LogP contribution in [-0.4, -0.2) is 90.6 Å². The summed E-state index contributed by atoms with van der Waals surface area (Å²) in [6.07, 6.45) is 11.6. The Kier molecular flexibility index (Phi) is 11.7. The first kappa shape index (κ1) is 39.3. The van der Waals surface area contributed by atoms with Crippen LogP contribution in [0.2, 0.25) is 0 Å². The van der Waals surface area contributed by atoms with Crippen molar-refractivity contribution in [2.75, 3.05) is 18.8 Å². The van der Waals surface area contributed by atoms with Gasteiger partial charge in [0.05, 0.1) is 22.6 Å². The summed E-state index contributed by atoms with van der Waals surface area (Å²) < 4.78 is 26.2. The molecule has 1 aliphatic heterocycles. The van der Waals surface area contributed by atoms with Gasteiger partial charge in [-0.05, 0) is 74.5 Å². The third-order valence-corrected chi connectivity index (χ3v) is 15.3. The van der Waals surface area contributed by atoms with Crippen LogP contribution >= 0.6 is 0 Å². The summed E-state index contributed by atoms with van der Waals surface area (Å²) in [6, 6.07) is -3.36. The zero-order chi connectivity index (χ0) is 37.4. The minimum atomic E-state index is -3.47. The molecule has 0 aromatic heterocycles. The second-order valence-corrected chi connectivity index (χ2v) is 20.0. The van der Waals surface area contributed by atoms with Gasteiger partial charge in [-0.2, -0.15) is 0 Å². The zero-order valence-electron chi connectivity index (χ0n) is 31.4. The standard InChI is InChI=1S/C38H61N5O7S/c1-7-20-39-33(46)30(44)27(21-25-14-15-25)40-32(45)29-28-26(36(28,4)5)22-43(29)34(47)31(37(6)16-10-8-11-17-37)41-35(48)42-38(18-12-9-13-19-38)23-51(49,50)24(2)3/h7,24-29,31H,1,8-23H2,2-6H3,(H,39,46)(H,40,45)(H2,41,42,48)/t26-,27?,28-,29-,31+/m0/s1. The molecule has 0 aromatic rings. The SMILES string of the molecule is C=CCNC(=O)C(=O)C(CC1CC1)NC(=O)[C@@H]1[C@@H]2[C@H](CN1C(=O)[C@@H](NC(=O)NC1(CS(=O)(=O)C(C)C)CCCCC1)C1(C)CCCCC1)C2(C)C. The van der Waals surface area contributed by atoms with E-state index >= 15 is 0 Å². The van der Waals surface area contributed by atoms with Crippen molar-refractivity contribution in [3.05, 3.63) is 12.7 Å². The lowest BCUT2D eigenvalue weighted by atomic mass is 9.70. The van der Waals surface area contributed by atoms with E-state index < -0.39 is 67.8 Å². The highest BCUT2D eigenvalue weighted by Crippen LogP contribution is 2.65. The smallest absolute Gasteiger partial charge is 0.315 e. The van der Waals surface area contributed by atoms with Gasteiger partial charge in [0.2, 0.25) is 17.6 Å². The number of carbonyl (C=O) groups excluding carboxylic acids is 5. The Morgan fingerprint density at radius 1 is 0.902 bits per heavy atom. The predicted molar refractivity (Wildman–Crippen MR) is 195 cm³/mol. The fraction of sp³-hybridized carbons (Fsp3) is 0.816. The molecule has 1 saturated heterocycles. The molecule has 5 amide bonds. The highest BCUT2D eigenvalue weighted by Gasteiger charge is 2.70. The summed E-state index contributed by atoms with van der Waals surface area (Å²) in [5.74, 6) is -2.23. The summed E-state index contributed by atoms with van der Waals surface area (Å²) in [7, 11) is -3.47. The van der Waals surface area contributed by atoms with E-state index in [1.165, 1.54) is 6.08 Å². The van der Waals surface area contributed by atoms with Crippen molar-refractivity contribution in [1.29, 1.82) is 0 Å². The number of nitrogens with one attached hydrogen (secondary N) is 4. The third-order valence-electron chi connectivity index (χ3n) is 12.9. The number of carbonyl (C=O) groups is 5. The van der Waals surface area contributed by atoms with Crippen molar-refractivity contribution in [3.63, 3.8) is 0 Å². The summed E-state index contributed by atoms with van der Waals surface area (Å²) in [4.78, 5) is 70.7. The molecule has 5 aliphatic rings. The van der Waals surface area contributed by atoms with Crippen molar-refractivity contribution < 1.29 is 32.4 Å². The van der Waals surface area contributed by atoms with Crippen LogP contribution in [0, 0.1) is 28.6 Å². The van der Waals surface area contributed by atoms with E-state index in [9.17, 15) is 32.4 Å². The van der Waals surface area contributed by atoms with E-state index in [1.807, 2.05) is 6.92 Å². The van der Waals surface area contributed by atoms with Crippen molar-refractivity contribution in [3.8, 4) is 0 Å². The number of hydrogen-bond donors (Lipinski definition) is 4. The van der Waals surface area contributed by atoms with Gasteiger partial charge in [0.1, 0.15) is 12.1 Å². The minimum Gasteiger partial charge on any atom is -0.346 e. The lowest BCUT2D eigenvalue weighted by Gasteiger charge is -2.44. The van der Waals surface area contributed by atoms with Gasteiger partial charge >= 0.3 is 6.03 Å². The van der Waals surface area contributed by atoms with E-state index in [0.29, 0.717) is 25.8 Å². The number of piperidine rings is 1. The normalized spacial score (nSPS) is 27.3. The van der Waals surface area contributed by atoms with Gasteiger partial charge in [-0.25, -0.2) is 13.2 Å². The minimum absolute atomic E-state index is 0.0751. The fourth-order valence-corrected chi connectivity index (χ4v) is 10.7. The molecule has 5 fully saturated rings. The fourth-order valence-electron chi connectivity index (χ4n) is 9.24. The molecular weight excluding hydrogens is 671 g/mol. The Hall–Kier alpha value is -2.96. The molecular formula is C38H61N5O7S. The summed E-state index contributed by atoms with van der Waals surface area (Å²) in [5.41, 5.74) is -1.69. The molecule has 0 spiro atoms. The summed E-state index contributed by atoms with van der Waals surface area (Å²) in [6.45, 7) is 13.6. The number of ketones is 1. The Morgan fingerprint density at radius 3 is 2.08 bits per heavy atom. The summed E-state index contributed by atoms with van der Waals surface area (Å²) in [5, 5.41) is 11.0. The van der Waals surface area contributed by atoms with Gasteiger partial charge < -0.3 is 26.2 Å². The van der Waals surface area contributed by atoms with E-state index in [0.717, 1.165) is 64.2 Å². The van der Waals surface area contributed by atoms with Crippen LogP contribution < -0.4 is 21.3 Å².